The van der Waals surface area contributed by atoms with E-state index in [-0.39, 0.29) is 12.2 Å². The van der Waals surface area contributed by atoms with E-state index in [1.54, 1.807) is 0 Å². The van der Waals surface area contributed by atoms with Crippen molar-refractivity contribution >= 4 is 6.71 Å². The average molecular weight is 221 g/mol. The summed E-state index contributed by atoms with van der Waals surface area (Å²) in [7, 11) is 0. The Kier molecular flexibility index (Phi) is 3.56. The average Bonchev–Trinajstić information content (AvgIpc) is 2.55. The van der Waals surface area contributed by atoms with Gasteiger partial charge in [0.2, 0.25) is 0 Å². The van der Waals surface area contributed by atoms with Gasteiger partial charge in [-0.05, 0) is 44.8 Å². The van der Waals surface area contributed by atoms with Gasteiger partial charge in [-0.15, -0.1) is 0 Å². The molecule has 0 radical (unpaired) electrons. The van der Waals surface area contributed by atoms with Crippen LogP contribution in [0.25, 0.3) is 0 Å². The van der Waals surface area contributed by atoms with Crippen LogP contribution < -0.4 is 0 Å². The summed E-state index contributed by atoms with van der Waals surface area (Å²) in [6.45, 7) is 6.60. The Hall–Kier alpha value is -0.525. The largest absolute Gasteiger partial charge is 0.383 e. The van der Waals surface area contributed by atoms with Crippen LogP contribution in [0.4, 0.5) is 0 Å². The Bertz CT molecular complexity index is 281. The normalized spacial score (nSPS) is 33.7. The molecule has 2 aliphatic rings. The Balaban J connectivity index is 1.92. The first-order valence-corrected chi connectivity index (χ1v) is 6.25. The van der Waals surface area contributed by atoms with Gasteiger partial charge in [0.15, 0.2) is 0 Å². The van der Waals surface area contributed by atoms with E-state index in [1.807, 2.05) is 13.8 Å². The lowest BCUT2D eigenvalue weighted by Crippen LogP contribution is -2.38. The second-order valence-electron chi connectivity index (χ2n) is 5.60. The van der Waals surface area contributed by atoms with Crippen molar-refractivity contribution in [3.63, 3.8) is 0 Å². The van der Waals surface area contributed by atoms with Crippen LogP contribution in [-0.2, 0) is 9.47 Å². The molecular weight excluding hydrogens is 201 g/mol. The van der Waals surface area contributed by atoms with Crippen LogP contribution in [0, 0.1) is 17.1 Å². The van der Waals surface area contributed by atoms with Crippen LogP contribution >= 0.6 is 0 Å². The summed E-state index contributed by atoms with van der Waals surface area (Å²) < 4.78 is 11.2. The molecule has 0 bridgehead atoms. The number of hydrogen-bond donors (Lipinski definition) is 0. The van der Waals surface area contributed by atoms with E-state index >= 15 is 0 Å². The molecule has 88 valence electrons. The van der Waals surface area contributed by atoms with E-state index in [4.69, 9.17) is 9.47 Å². The molecule has 2 rings (SSSR count). The standard InChI is InChI=1S/C12H20BNO2/c1-12(2)13(9-14)11(8-16-12)6-10-4-3-5-15-7-10/h10-11H,3-8H2,1-2H3. The minimum absolute atomic E-state index is 0.0365. The molecule has 0 saturated carbocycles. The maximum atomic E-state index is 9.24. The number of rotatable bonds is 2. The number of hydrogen-bond acceptors (Lipinski definition) is 3. The minimum Gasteiger partial charge on any atom is -0.383 e. The highest BCUT2D eigenvalue weighted by atomic mass is 16.5. The third-order valence-electron chi connectivity index (χ3n) is 3.92. The van der Waals surface area contributed by atoms with Gasteiger partial charge in [-0.25, -0.2) is 5.26 Å². The van der Waals surface area contributed by atoms with Crippen molar-refractivity contribution in [3.8, 4) is 5.97 Å². The quantitative estimate of drug-likeness (QED) is 0.670. The van der Waals surface area contributed by atoms with Gasteiger partial charge in [0.05, 0.1) is 5.50 Å². The van der Waals surface area contributed by atoms with Gasteiger partial charge >= 0.3 is 6.71 Å². The summed E-state index contributed by atoms with van der Waals surface area (Å²) in [6, 6.07) is 0. The van der Waals surface area contributed by atoms with E-state index in [0.717, 1.165) is 26.2 Å². The fraction of sp³-hybridized carbons (Fsp3) is 0.917. The lowest BCUT2D eigenvalue weighted by Gasteiger charge is -2.25. The first kappa shape index (κ1) is 11.9. The van der Waals surface area contributed by atoms with E-state index in [0.29, 0.717) is 11.7 Å². The van der Waals surface area contributed by atoms with Crippen molar-refractivity contribution in [2.24, 2.45) is 5.92 Å². The Labute approximate surface area is 98.2 Å². The number of nitrogens with zero attached hydrogens (tertiary/aromatic N) is 1. The van der Waals surface area contributed by atoms with Crippen molar-refractivity contribution in [2.45, 2.75) is 44.4 Å². The van der Waals surface area contributed by atoms with Crippen molar-refractivity contribution in [1.29, 1.82) is 5.26 Å². The molecule has 2 saturated heterocycles. The van der Waals surface area contributed by atoms with E-state index in [2.05, 4.69) is 5.97 Å². The highest BCUT2D eigenvalue weighted by Crippen LogP contribution is 2.37. The summed E-state index contributed by atoms with van der Waals surface area (Å²) in [4.78, 5) is 0. The van der Waals surface area contributed by atoms with Gasteiger partial charge in [-0.3, -0.25) is 0 Å². The van der Waals surface area contributed by atoms with Gasteiger partial charge in [-0.1, -0.05) is 0 Å². The molecule has 16 heavy (non-hydrogen) atoms. The monoisotopic (exact) mass is 221 g/mol. The molecule has 0 aliphatic carbocycles. The van der Waals surface area contributed by atoms with Crippen LogP contribution in [0.1, 0.15) is 33.1 Å². The van der Waals surface area contributed by atoms with Gasteiger partial charge in [0.1, 0.15) is 0 Å². The molecule has 0 spiro atoms. The molecule has 2 heterocycles. The van der Waals surface area contributed by atoms with Gasteiger partial charge in [0, 0.05) is 25.8 Å². The molecule has 3 nitrogen and oxygen atoms in total. The molecule has 2 atom stereocenters. The molecule has 0 N–H and O–H groups in total. The van der Waals surface area contributed by atoms with E-state index in [1.165, 1.54) is 12.8 Å². The first-order valence-electron chi connectivity index (χ1n) is 6.25. The molecule has 2 unspecified atom stereocenters. The second kappa shape index (κ2) is 4.77. The summed E-state index contributed by atoms with van der Waals surface area (Å²) in [6.07, 6.45) is 3.50. The molecule has 0 aromatic heterocycles. The zero-order chi connectivity index (χ0) is 11.6. The van der Waals surface area contributed by atoms with E-state index < -0.39 is 0 Å². The SMILES string of the molecule is CC1(C)OCC(CC2CCCOC2)B1C#N. The molecular formula is C12H20BNO2. The van der Waals surface area contributed by atoms with Crippen LogP contribution in [0.3, 0.4) is 0 Å². The maximum Gasteiger partial charge on any atom is 0.307 e. The van der Waals surface area contributed by atoms with Gasteiger partial charge in [-0.2, -0.15) is 0 Å². The summed E-state index contributed by atoms with van der Waals surface area (Å²) >= 11 is 0. The van der Waals surface area contributed by atoms with Crippen LogP contribution in [0.2, 0.25) is 5.82 Å². The zero-order valence-corrected chi connectivity index (χ0v) is 10.2. The zero-order valence-electron chi connectivity index (χ0n) is 10.2. The molecule has 0 amide bonds. The predicted octanol–water partition coefficient (Wildman–Crippen LogP) is 2.08. The summed E-state index contributed by atoms with van der Waals surface area (Å²) in [5.41, 5.74) is -0.269. The highest BCUT2D eigenvalue weighted by molar-refractivity contribution is 6.71. The topological polar surface area (TPSA) is 42.2 Å². The van der Waals surface area contributed by atoms with Gasteiger partial charge in [0.25, 0.3) is 0 Å². The predicted molar refractivity (Wildman–Crippen MR) is 63.3 cm³/mol. The minimum atomic E-state index is -0.269. The third kappa shape index (κ3) is 2.41. The van der Waals surface area contributed by atoms with Crippen LogP contribution in [0.15, 0.2) is 0 Å². The Morgan fingerprint density at radius 3 is 2.88 bits per heavy atom. The Morgan fingerprint density at radius 2 is 2.25 bits per heavy atom. The second-order valence-corrected chi connectivity index (χ2v) is 5.60. The Morgan fingerprint density at radius 1 is 1.44 bits per heavy atom. The molecule has 0 aromatic carbocycles. The lowest BCUT2D eigenvalue weighted by molar-refractivity contribution is 0.0418. The first-order chi connectivity index (χ1) is 7.63. The van der Waals surface area contributed by atoms with Crippen molar-refractivity contribution in [3.05, 3.63) is 0 Å². The van der Waals surface area contributed by atoms with E-state index in [9.17, 15) is 5.26 Å². The summed E-state index contributed by atoms with van der Waals surface area (Å²) in [5, 5.41) is 9.24. The molecule has 2 aliphatic heterocycles. The fourth-order valence-corrected chi connectivity index (χ4v) is 2.96. The molecule has 4 heteroatoms. The third-order valence-corrected chi connectivity index (χ3v) is 3.92. The number of nitriles is 1. The van der Waals surface area contributed by atoms with Crippen molar-refractivity contribution in [1.82, 2.24) is 0 Å². The summed E-state index contributed by atoms with van der Waals surface area (Å²) in [5.74, 6) is 3.45. The smallest absolute Gasteiger partial charge is 0.307 e. The van der Waals surface area contributed by atoms with Crippen molar-refractivity contribution < 1.29 is 9.47 Å². The maximum absolute atomic E-state index is 9.24. The van der Waals surface area contributed by atoms with Crippen molar-refractivity contribution in [2.75, 3.05) is 19.8 Å². The van der Waals surface area contributed by atoms with Crippen LogP contribution in [-0.4, -0.2) is 32.0 Å². The highest BCUT2D eigenvalue weighted by Gasteiger charge is 2.48. The lowest BCUT2D eigenvalue weighted by atomic mass is 9.34. The molecule has 0 aromatic rings. The number of ether oxygens (including phenoxy) is 2. The van der Waals surface area contributed by atoms with Gasteiger partial charge < -0.3 is 9.47 Å². The fourth-order valence-electron chi connectivity index (χ4n) is 2.96. The van der Waals surface area contributed by atoms with Crippen LogP contribution in [0.5, 0.6) is 0 Å². The molecule has 2 fully saturated rings.